The molecule has 1 amide bonds. The number of hydrogen-bond donors (Lipinski definition) is 8. The van der Waals surface area contributed by atoms with E-state index in [-0.39, 0.29) is 35.4 Å². The van der Waals surface area contributed by atoms with Crippen LogP contribution in [0.15, 0.2) is 48.5 Å². The molecular weight excluding hydrogens is 814 g/mol. The van der Waals surface area contributed by atoms with Crippen LogP contribution in [-0.4, -0.2) is 97.9 Å². The molecule has 3 heterocycles. The van der Waals surface area contributed by atoms with E-state index in [0.717, 1.165) is 25.0 Å². The van der Waals surface area contributed by atoms with Crippen molar-refractivity contribution in [3.63, 3.8) is 0 Å². The van der Waals surface area contributed by atoms with Crippen LogP contribution in [0.1, 0.15) is 75.5 Å². The van der Waals surface area contributed by atoms with Gasteiger partial charge in [0.25, 0.3) is 5.91 Å². The number of amides is 1. The Balaban J connectivity index is 1.00. The number of halogens is 3. The first-order valence-electron chi connectivity index (χ1n) is 20.3. The molecule has 1 aliphatic carbocycles. The predicted octanol–water partition coefficient (Wildman–Crippen LogP) is 6.13. The maximum atomic E-state index is 13.6. The van der Waals surface area contributed by atoms with Gasteiger partial charge in [-0.25, -0.2) is 9.97 Å². The number of nitrogen functional groups attached to an aromatic ring is 1. The molecule has 0 bridgehead atoms. The maximum Gasteiger partial charge on any atom is 0.416 e. The number of nitrogens with two attached hydrogens (primary N) is 1. The Hall–Kier alpha value is -5.76. The minimum atomic E-state index is -4.56. The first-order chi connectivity index (χ1) is 29.3. The molecule has 62 heavy (non-hydrogen) atoms. The van der Waals surface area contributed by atoms with Gasteiger partial charge in [-0.1, -0.05) is 6.07 Å². The Labute approximate surface area is 355 Å². The van der Waals surface area contributed by atoms with Crippen molar-refractivity contribution < 1.29 is 52.6 Å². The monoisotopic (exact) mass is 866 g/mol. The number of methoxy groups -OCH3 is 1. The summed E-state index contributed by atoms with van der Waals surface area (Å²) in [4.78, 5) is 24.4. The number of hydrogen-bond acceptors (Lipinski definition) is 14. The standard InChI is InChI=1S/C43H53F3N8O8/c1-21(25-14-26(43(44,45)46)16-27(47)15-25)48-37-29-17-34(33(60-6)18-31(29)49-23(3)50-37)61-20-42(12-13-42)19-53(5)39(57)22(2)62-24(4)51-30-9-7-8-28-36(30)41(59)54(40(28)58)32-10-11-35(55)52-38(32)56/h7-9,14-18,21-22,24,32,35,38,51-52,55-56,58-59H,10-13,19-20,47H2,1-6H3,(H,48,49,50)/t21-,22?,24?,32?,35?,38?/m1/s1. The normalized spacial score (nSPS) is 20.1. The molecule has 1 saturated heterocycles. The number of aryl methyl sites for hydroxylation is 1. The molecule has 0 radical (unpaired) electrons. The Morgan fingerprint density at radius 1 is 1.03 bits per heavy atom. The lowest BCUT2D eigenvalue weighted by Crippen LogP contribution is -2.47. The number of aromatic hydroxyl groups is 2. The molecule has 6 atom stereocenters. The summed E-state index contributed by atoms with van der Waals surface area (Å²) in [5.74, 6) is 0.866. The summed E-state index contributed by atoms with van der Waals surface area (Å²) in [6.45, 7) is 7.42. The van der Waals surface area contributed by atoms with E-state index < -0.39 is 48.6 Å². The number of benzene rings is 3. The lowest BCUT2D eigenvalue weighted by molar-refractivity contribution is -0.144. The molecule has 2 aromatic heterocycles. The quantitative estimate of drug-likeness (QED) is 0.0439. The van der Waals surface area contributed by atoms with Crippen LogP contribution in [0.2, 0.25) is 0 Å². The zero-order valence-electron chi connectivity index (χ0n) is 35.2. The van der Waals surface area contributed by atoms with Crippen molar-refractivity contribution in [3.05, 3.63) is 65.5 Å². The highest BCUT2D eigenvalue weighted by Crippen LogP contribution is 2.48. The summed E-state index contributed by atoms with van der Waals surface area (Å²) in [5.41, 5.74) is 5.93. The molecule has 19 heteroatoms. The Kier molecular flexibility index (Phi) is 12.3. The van der Waals surface area contributed by atoms with Crippen LogP contribution in [0.25, 0.3) is 21.7 Å². The number of alkyl halides is 3. The van der Waals surface area contributed by atoms with Crippen molar-refractivity contribution in [1.29, 1.82) is 0 Å². The first-order valence-corrected chi connectivity index (χ1v) is 20.3. The number of piperidine rings is 1. The second-order valence-electron chi connectivity index (χ2n) is 16.5. The van der Waals surface area contributed by atoms with E-state index in [2.05, 4.69) is 25.9 Å². The van der Waals surface area contributed by atoms with Crippen LogP contribution in [0.4, 0.5) is 30.4 Å². The van der Waals surface area contributed by atoms with E-state index in [0.29, 0.717) is 75.5 Å². The SMILES string of the molecule is COc1cc2nc(C)nc(N[C@H](C)c3cc(N)cc(C(F)(F)F)c3)c2cc1OCC1(CN(C)C(=O)C(C)OC(C)Nc2cccc3c(O)n(C4CCC(O)NC4O)c(O)c23)CC1. The molecule has 16 nitrogen and oxygen atoms in total. The topological polar surface area (TPSA) is 222 Å². The summed E-state index contributed by atoms with van der Waals surface area (Å²) in [5, 5.41) is 53.0. The summed E-state index contributed by atoms with van der Waals surface area (Å²) < 4.78 is 60.1. The third kappa shape index (κ3) is 9.20. The van der Waals surface area contributed by atoms with Crippen LogP contribution < -0.4 is 31.2 Å². The van der Waals surface area contributed by atoms with Gasteiger partial charge in [0, 0.05) is 47.2 Å². The fourth-order valence-electron chi connectivity index (χ4n) is 8.19. The van der Waals surface area contributed by atoms with Crippen molar-refractivity contribution in [2.75, 3.05) is 43.7 Å². The van der Waals surface area contributed by atoms with E-state index in [9.17, 15) is 38.4 Å². The number of fused-ring (bicyclic) bond motifs is 2. The molecule has 7 rings (SSSR count). The predicted molar refractivity (Wildman–Crippen MR) is 226 cm³/mol. The zero-order valence-corrected chi connectivity index (χ0v) is 35.2. The summed E-state index contributed by atoms with van der Waals surface area (Å²) in [7, 11) is 3.21. The van der Waals surface area contributed by atoms with Gasteiger partial charge in [-0.05, 0) is 95.3 Å². The van der Waals surface area contributed by atoms with Crippen molar-refractivity contribution in [2.45, 2.75) is 96.4 Å². The smallest absolute Gasteiger partial charge is 0.416 e. The summed E-state index contributed by atoms with van der Waals surface area (Å²) in [6.07, 6.45) is -6.05. The van der Waals surface area contributed by atoms with Crippen molar-refractivity contribution in [2.24, 2.45) is 5.41 Å². The van der Waals surface area contributed by atoms with E-state index in [1.54, 1.807) is 70.0 Å². The Morgan fingerprint density at radius 2 is 1.77 bits per heavy atom. The number of rotatable bonds is 15. The molecule has 1 aliphatic heterocycles. The summed E-state index contributed by atoms with van der Waals surface area (Å²) >= 11 is 0. The van der Waals surface area contributed by atoms with Gasteiger partial charge in [0.2, 0.25) is 11.8 Å². The van der Waals surface area contributed by atoms with E-state index >= 15 is 0 Å². The lowest BCUT2D eigenvalue weighted by Gasteiger charge is -2.33. The van der Waals surface area contributed by atoms with E-state index in [1.165, 1.54) is 17.7 Å². The number of carbonyl (C=O) groups is 1. The van der Waals surface area contributed by atoms with Gasteiger partial charge in [-0.2, -0.15) is 13.2 Å². The van der Waals surface area contributed by atoms with E-state index in [1.807, 2.05) is 0 Å². The molecular formula is C43H53F3N8O8. The van der Waals surface area contributed by atoms with Crippen LogP contribution in [-0.2, 0) is 15.7 Å². The van der Waals surface area contributed by atoms with Crippen molar-refractivity contribution >= 4 is 44.8 Å². The molecule has 0 spiro atoms. The molecule has 9 N–H and O–H groups in total. The van der Waals surface area contributed by atoms with Crippen LogP contribution in [0, 0.1) is 12.3 Å². The molecule has 1 saturated carbocycles. The highest BCUT2D eigenvalue weighted by molar-refractivity contribution is 6.02. The second-order valence-corrected chi connectivity index (χ2v) is 16.5. The first kappa shape index (κ1) is 44.3. The number of anilines is 3. The Morgan fingerprint density at radius 3 is 2.45 bits per heavy atom. The zero-order chi connectivity index (χ0) is 44.8. The number of likely N-dealkylation sites (N-methyl/N-ethyl adjacent to an activating group) is 1. The summed E-state index contributed by atoms with van der Waals surface area (Å²) in [6, 6.07) is 10.6. The van der Waals surface area contributed by atoms with Crippen molar-refractivity contribution in [1.82, 2.24) is 24.8 Å². The highest BCUT2D eigenvalue weighted by atomic mass is 19.4. The number of nitrogens with one attached hydrogen (secondary N) is 3. The Bertz CT molecular complexity index is 2460. The molecule has 2 fully saturated rings. The van der Waals surface area contributed by atoms with Gasteiger partial charge < -0.3 is 55.9 Å². The van der Waals surface area contributed by atoms with Crippen LogP contribution in [0.3, 0.4) is 0 Å². The molecule has 5 aromatic rings. The molecule has 5 unspecified atom stereocenters. The molecule has 2 aliphatic rings. The van der Waals surface area contributed by atoms with Gasteiger partial charge in [-0.3, -0.25) is 14.7 Å². The second kappa shape index (κ2) is 17.2. The lowest BCUT2D eigenvalue weighted by atomic mass is 10.0. The van der Waals surface area contributed by atoms with Crippen molar-refractivity contribution in [3.8, 4) is 23.3 Å². The number of ether oxygens (including phenoxy) is 3. The van der Waals surface area contributed by atoms with Gasteiger partial charge in [0.05, 0.1) is 42.3 Å². The largest absolute Gasteiger partial charge is 0.494 e. The third-order valence-electron chi connectivity index (χ3n) is 11.6. The fraction of sp³-hybridized carbons (Fsp3) is 0.465. The van der Waals surface area contributed by atoms with E-state index in [4.69, 9.17) is 19.9 Å². The number of carbonyl (C=O) groups excluding carboxylic acids is 1. The molecule has 3 aromatic carbocycles. The number of nitrogens with zero attached hydrogens (tertiary/aromatic N) is 4. The van der Waals surface area contributed by atoms with Gasteiger partial charge in [0.15, 0.2) is 11.5 Å². The minimum absolute atomic E-state index is 0.0116. The fourth-order valence-corrected chi connectivity index (χ4v) is 8.19. The molecule has 334 valence electrons. The number of aliphatic hydroxyl groups is 2. The maximum absolute atomic E-state index is 13.6. The number of aliphatic hydroxyl groups excluding tert-OH is 2. The van der Waals surface area contributed by atoms with Gasteiger partial charge in [-0.15, -0.1) is 0 Å². The van der Waals surface area contributed by atoms with Gasteiger partial charge >= 0.3 is 6.18 Å². The van der Waals surface area contributed by atoms with Gasteiger partial charge in [0.1, 0.15) is 36.4 Å². The van der Waals surface area contributed by atoms with Crippen LogP contribution >= 0.6 is 0 Å². The van der Waals surface area contributed by atoms with Crippen LogP contribution in [0.5, 0.6) is 23.3 Å². The average molecular weight is 867 g/mol. The average Bonchev–Trinajstić information content (AvgIpc) is 3.92. The highest BCUT2D eigenvalue weighted by Gasteiger charge is 2.46. The third-order valence-corrected chi connectivity index (χ3v) is 11.6. The number of aromatic nitrogens is 3. The minimum Gasteiger partial charge on any atom is -0.494 e.